The second-order valence-electron chi connectivity index (χ2n) is 5.73. The third-order valence-corrected chi connectivity index (χ3v) is 3.80. The lowest BCUT2D eigenvalue weighted by Gasteiger charge is -2.26. The van der Waals surface area contributed by atoms with E-state index in [0.29, 0.717) is 18.6 Å². The minimum atomic E-state index is -0.0331. The highest BCUT2D eigenvalue weighted by Crippen LogP contribution is 2.31. The fraction of sp³-hybridized carbons (Fsp3) is 0.333. The molecule has 2 aromatic rings. The Bertz CT molecular complexity index is 700. The number of amides is 1. The fourth-order valence-electron chi connectivity index (χ4n) is 2.58. The van der Waals surface area contributed by atoms with Gasteiger partial charge in [0.2, 0.25) is 0 Å². The molecular formula is C18H20N2O3. The SMILES string of the molecule is CN(C)C(=O)c1cccnc1CCC1COc2ccccc2O1. The van der Waals surface area contributed by atoms with Crippen molar-refractivity contribution in [1.82, 2.24) is 9.88 Å². The van der Waals surface area contributed by atoms with Crippen molar-refractivity contribution in [3.8, 4) is 11.5 Å². The standard InChI is InChI=1S/C18H20N2O3/c1-20(2)18(21)14-6-5-11-19-15(14)10-9-13-12-22-16-7-3-4-8-17(16)23-13/h3-8,11,13H,9-10,12H2,1-2H3. The van der Waals surface area contributed by atoms with E-state index in [9.17, 15) is 4.79 Å². The Kier molecular flexibility index (Phi) is 4.46. The molecular weight excluding hydrogens is 292 g/mol. The Hall–Kier alpha value is -2.56. The maximum atomic E-state index is 12.2. The van der Waals surface area contributed by atoms with Crippen molar-refractivity contribution in [2.24, 2.45) is 0 Å². The molecule has 2 heterocycles. The molecule has 5 heteroatoms. The Morgan fingerprint density at radius 3 is 2.78 bits per heavy atom. The predicted molar refractivity (Wildman–Crippen MR) is 86.9 cm³/mol. The lowest BCUT2D eigenvalue weighted by molar-refractivity contribution is 0.0815. The highest BCUT2D eigenvalue weighted by molar-refractivity contribution is 5.94. The van der Waals surface area contributed by atoms with Crippen molar-refractivity contribution in [3.63, 3.8) is 0 Å². The lowest BCUT2D eigenvalue weighted by atomic mass is 10.1. The summed E-state index contributed by atoms with van der Waals surface area (Å²) in [5.74, 6) is 1.53. The number of carbonyl (C=O) groups is 1. The number of ether oxygens (including phenoxy) is 2. The number of aryl methyl sites for hydroxylation is 1. The number of pyridine rings is 1. The molecule has 1 unspecified atom stereocenters. The van der Waals surface area contributed by atoms with Crippen LogP contribution in [0.15, 0.2) is 42.6 Å². The molecule has 0 saturated heterocycles. The van der Waals surface area contributed by atoms with E-state index < -0.39 is 0 Å². The molecule has 1 aromatic carbocycles. The quantitative estimate of drug-likeness (QED) is 0.870. The van der Waals surface area contributed by atoms with Gasteiger partial charge >= 0.3 is 0 Å². The molecule has 120 valence electrons. The van der Waals surface area contributed by atoms with Gasteiger partial charge in [-0.1, -0.05) is 12.1 Å². The topological polar surface area (TPSA) is 51.7 Å². The number of hydrogen-bond acceptors (Lipinski definition) is 4. The zero-order valence-corrected chi connectivity index (χ0v) is 13.4. The first kappa shape index (κ1) is 15.3. The van der Waals surface area contributed by atoms with E-state index in [4.69, 9.17) is 9.47 Å². The number of para-hydroxylation sites is 2. The van der Waals surface area contributed by atoms with E-state index >= 15 is 0 Å². The van der Waals surface area contributed by atoms with Crippen LogP contribution in [0.4, 0.5) is 0 Å². The van der Waals surface area contributed by atoms with Gasteiger partial charge in [-0.25, -0.2) is 0 Å². The molecule has 0 fully saturated rings. The normalized spacial score (nSPS) is 16.0. The Balaban J connectivity index is 1.67. The highest BCUT2D eigenvalue weighted by atomic mass is 16.6. The van der Waals surface area contributed by atoms with Gasteiger partial charge in [-0.15, -0.1) is 0 Å². The average molecular weight is 312 g/mol. The molecule has 0 spiro atoms. The molecule has 0 bridgehead atoms. The summed E-state index contributed by atoms with van der Waals surface area (Å²) in [4.78, 5) is 18.1. The van der Waals surface area contributed by atoms with Gasteiger partial charge < -0.3 is 14.4 Å². The molecule has 0 saturated carbocycles. The zero-order chi connectivity index (χ0) is 16.2. The minimum absolute atomic E-state index is 0.0285. The van der Waals surface area contributed by atoms with Crippen molar-refractivity contribution in [3.05, 3.63) is 53.9 Å². The van der Waals surface area contributed by atoms with Crippen LogP contribution in [0, 0.1) is 0 Å². The third-order valence-electron chi connectivity index (χ3n) is 3.80. The Morgan fingerprint density at radius 1 is 1.22 bits per heavy atom. The van der Waals surface area contributed by atoms with Crippen molar-refractivity contribution < 1.29 is 14.3 Å². The number of hydrogen-bond donors (Lipinski definition) is 0. The monoisotopic (exact) mass is 312 g/mol. The molecule has 1 aliphatic rings. The van der Waals surface area contributed by atoms with E-state index in [1.54, 1.807) is 31.3 Å². The molecule has 0 aliphatic carbocycles. The van der Waals surface area contributed by atoms with Gasteiger partial charge in [0.15, 0.2) is 11.5 Å². The van der Waals surface area contributed by atoms with Gasteiger partial charge in [-0.3, -0.25) is 9.78 Å². The molecule has 0 N–H and O–H groups in total. The smallest absolute Gasteiger partial charge is 0.255 e. The molecule has 5 nitrogen and oxygen atoms in total. The predicted octanol–water partition coefficient (Wildman–Crippen LogP) is 2.56. The van der Waals surface area contributed by atoms with Gasteiger partial charge in [-0.2, -0.15) is 0 Å². The molecule has 3 rings (SSSR count). The number of carbonyl (C=O) groups excluding carboxylic acids is 1. The number of aromatic nitrogens is 1. The molecule has 1 atom stereocenters. The zero-order valence-electron chi connectivity index (χ0n) is 13.4. The van der Waals surface area contributed by atoms with Gasteiger partial charge in [-0.05, 0) is 37.1 Å². The van der Waals surface area contributed by atoms with Crippen LogP contribution in [0.5, 0.6) is 11.5 Å². The van der Waals surface area contributed by atoms with Crippen molar-refractivity contribution in [1.29, 1.82) is 0 Å². The van der Waals surface area contributed by atoms with Crippen molar-refractivity contribution in [2.45, 2.75) is 18.9 Å². The molecule has 1 amide bonds. The van der Waals surface area contributed by atoms with Crippen LogP contribution in [0.2, 0.25) is 0 Å². The van der Waals surface area contributed by atoms with Gasteiger partial charge in [0.25, 0.3) is 5.91 Å². The summed E-state index contributed by atoms with van der Waals surface area (Å²) in [6.45, 7) is 0.515. The summed E-state index contributed by atoms with van der Waals surface area (Å²) in [5, 5.41) is 0. The second-order valence-corrected chi connectivity index (χ2v) is 5.73. The van der Waals surface area contributed by atoms with Gasteiger partial charge in [0.05, 0.1) is 11.3 Å². The van der Waals surface area contributed by atoms with Crippen molar-refractivity contribution in [2.75, 3.05) is 20.7 Å². The highest BCUT2D eigenvalue weighted by Gasteiger charge is 2.22. The van der Waals surface area contributed by atoms with Crippen LogP contribution >= 0.6 is 0 Å². The number of rotatable bonds is 4. The minimum Gasteiger partial charge on any atom is -0.486 e. The first-order chi connectivity index (χ1) is 11.1. The van der Waals surface area contributed by atoms with E-state index in [-0.39, 0.29) is 12.0 Å². The maximum absolute atomic E-state index is 12.2. The first-order valence-corrected chi connectivity index (χ1v) is 7.69. The fourth-order valence-corrected chi connectivity index (χ4v) is 2.58. The molecule has 0 radical (unpaired) electrons. The average Bonchev–Trinajstić information content (AvgIpc) is 2.59. The summed E-state index contributed by atoms with van der Waals surface area (Å²) in [6.07, 6.45) is 3.11. The summed E-state index contributed by atoms with van der Waals surface area (Å²) >= 11 is 0. The molecule has 23 heavy (non-hydrogen) atoms. The lowest BCUT2D eigenvalue weighted by Crippen LogP contribution is -2.30. The van der Waals surface area contributed by atoms with Crippen LogP contribution in [0.25, 0.3) is 0 Å². The van der Waals surface area contributed by atoms with E-state index in [1.165, 1.54) is 0 Å². The number of fused-ring (bicyclic) bond motifs is 1. The van der Waals surface area contributed by atoms with E-state index in [2.05, 4.69) is 4.98 Å². The van der Waals surface area contributed by atoms with Crippen LogP contribution in [0.3, 0.4) is 0 Å². The molecule has 1 aromatic heterocycles. The van der Waals surface area contributed by atoms with Crippen LogP contribution in [0.1, 0.15) is 22.5 Å². The maximum Gasteiger partial charge on any atom is 0.255 e. The summed E-state index contributed by atoms with van der Waals surface area (Å²) < 4.78 is 11.7. The van der Waals surface area contributed by atoms with Crippen LogP contribution in [-0.4, -0.2) is 42.6 Å². The Labute approximate surface area is 135 Å². The van der Waals surface area contributed by atoms with E-state index in [0.717, 1.165) is 23.6 Å². The summed E-state index contributed by atoms with van der Waals surface area (Å²) in [6, 6.07) is 11.3. The van der Waals surface area contributed by atoms with Crippen LogP contribution in [-0.2, 0) is 6.42 Å². The Morgan fingerprint density at radius 2 is 2.00 bits per heavy atom. The second kappa shape index (κ2) is 6.69. The van der Waals surface area contributed by atoms with E-state index in [1.807, 2.05) is 30.3 Å². The summed E-state index contributed by atoms with van der Waals surface area (Å²) in [7, 11) is 3.49. The third kappa shape index (κ3) is 3.44. The summed E-state index contributed by atoms with van der Waals surface area (Å²) in [5.41, 5.74) is 1.45. The van der Waals surface area contributed by atoms with Gasteiger partial charge in [0, 0.05) is 20.3 Å². The number of nitrogens with zero attached hydrogens (tertiary/aromatic N) is 2. The van der Waals surface area contributed by atoms with Gasteiger partial charge in [0.1, 0.15) is 12.7 Å². The molecule has 1 aliphatic heterocycles. The van der Waals surface area contributed by atoms with Crippen LogP contribution < -0.4 is 9.47 Å². The van der Waals surface area contributed by atoms with Crippen molar-refractivity contribution >= 4 is 5.91 Å². The largest absolute Gasteiger partial charge is 0.486 e. The number of benzene rings is 1. The first-order valence-electron chi connectivity index (χ1n) is 7.69.